The van der Waals surface area contributed by atoms with Crippen molar-refractivity contribution in [3.8, 4) is 11.5 Å². The van der Waals surface area contributed by atoms with Crippen LogP contribution >= 0.6 is 0 Å². The van der Waals surface area contributed by atoms with Crippen LogP contribution in [0.2, 0.25) is 0 Å². The van der Waals surface area contributed by atoms with E-state index in [0.717, 1.165) is 0 Å². The third kappa shape index (κ3) is 10.5. The molecule has 0 heterocycles. The smallest absolute Gasteiger partial charge is 0.326 e. The van der Waals surface area contributed by atoms with Crippen LogP contribution in [0.1, 0.15) is 30.4 Å². The van der Waals surface area contributed by atoms with Crippen LogP contribution in [0, 0.1) is 0 Å². The van der Waals surface area contributed by atoms with Crippen LogP contribution in [0.4, 0.5) is 0 Å². The van der Waals surface area contributed by atoms with E-state index in [0.29, 0.717) is 36.9 Å². The largest absolute Gasteiger partial charge is 0.508 e. The molecule has 0 saturated heterocycles. The molecule has 4 atom stereocenters. The first kappa shape index (κ1) is 32.0. The van der Waals surface area contributed by atoms with Crippen LogP contribution in [0.25, 0.3) is 0 Å². The van der Waals surface area contributed by atoms with Gasteiger partial charge in [0.15, 0.2) is 0 Å². The van der Waals surface area contributed by atoms with Crippen molar-refractivity contribution in [3.63, 3.8) is 0 Å². The van der Waals surface area contributed by atoms with E-state index in [4.69, 9.17) is 11.5 Å². The van der Waals surface area contributed by atoms with Crippen molar-refractivity contribution in [2.24, 2.45) is 11.5 Å². The van der Waals surface area contributed by atoms with Crippen LogP contribution in [0.5, 0.6) is 11.5 Å². The summed E-state index contributed by atoms with van der Waals surface area (Å²) in [5.74, 6) is -3.70. The zero-order chi connectivity index (χ0) is 29.7. The lowest BCUT2D eigenvalue weighted by Gasteiger charge is -2.24. The first-order valence-corrected chi connectivity index (χ1v) is 12.8. The number of nitrogens with two attached hydrogens (primary N) is 2. The number of amides is 3. The third-order valence-corrected chi connectivity index (χ3v) is 6.12. The van der Waals surface area contributed by atoms with Gasteiger partial charge in [-0.15, -0.1) is 0 Å². The molecule has 0 aliphatic heterocycles. The zero-order valence-electron chi connectivity index (χ0n) is 22.0. The fourth-order valence-electron chi connectivity index (χ4n) is 3.80. The molecule has 11 N–H and O–H groups in total. The fraction of sp³-hybridized carbons (Fsp3) is 0.407. The number of aliphatic carboxylic acids is 1. The fourth-order valence-corrected chi connectivity index (χ4v) is 3.80. The molecule has 0 radical (unpaired) electrons. The van der Waals surface area contributed by atoms with E-state index in [1.165, 1.54) is 36.4 Å². The number of carbonyl (C=O) groups excluding carboxylic acids is 3. The Morgan fingerprint density at radius 3 is 1.62 bits per heavy atom. The van der Waals surface area contributed by atoms with Gasteiger partial charge in [-0.1, -0.05) is 30.7 Å². The molecule has 0 aromatic heterocycles. The molecular formula is C27H37N5O8. The molecule has 3 amide bonds. The predicted octanol–water partition coefficient (Wildman–Crippen LogP) is -1.13. The van der Waals surface area contributed by atoms with Crippen molar-refractivity contribution in [1.82, 2.24) is 16.0 Å². The minimum atomic E-state index is -1.52. The summed E-state index contributed by atoms with van der Waals surface area (Å²) in [7, 11) is 0. The Kier molecular flexibility index (Phi) is 12.8. The van der Waals surface area contributed by atoms with Gasteiger partial charge in [0.1, 0.15) is 29.6 Å². The number of carbonyl (C=O) groups is 4. The quantitative estimate of drug-likeness (QED) is 0.112. The molecule has 0 saturated carbocycles. The van der Waals surface area contributed by atoms with Crippen LogP contribution < -0.4 is 27.4 Å². The highest BCUT2D eigenvalue weighted by atomic mass is 16.4. The second-order valence-electron chi connectivity index (χ2n) is 9.34. The Bertz CT molecular complexity index is 1130. The van der Waals surface area contributed by atoms with Crippen molar-refractivity contribution < 1.29 is 39.6 Å². The molecule has 40 heavy (non-hydrogen) atoms. The molecule has 2 rings (SSSR count). The molecule has 4 unspecified atom stereocenters. The second-order valence-corrected chi connectivity index (χ2v) is 9.34. The maximum Gasteiger partial charge on any atom is 0.326 e. The van der Waals surface area contributed by atoms with Crippen LogP contribution in [0.15, 0.2) is 48.5 Å². The van der Waals surface area contributed by atoms with Crippen LogP contribution in [-0.2, 0) is 32.0 Å². The molecule has 13 heteroatoms. The summed E-state index contributed by atoms with van der Waals surface area (Å²) >= 11 is 0. The van der Waals surface area contributed by atoms with E-state index in [2.05, 4.69) is 16.0 Å². The SMILES string of the molecule is NCCCCC(N)C(=O)NC(Cc1ccc(O)cc1)C(=O)NC(CO)C(=O)NC(Cc1ccc(O)cc1)C(=O)O. The zero-order valence-corrected chi connectivity index (χ0v) is 22.0. The van der Waals surface area contributed by atoms with E-state index in [-0.39, 0.29) is 24.3 Å². The van der Waals surface area contributed by atoms with Gasteiger partial charge in [-0.05, 0) is 54.8 Å². The predicted molar refractivity (Wildman–Crippen MR) is 145 cm³/mol. The summed E-state index contributed by atoms with van der Waals surface area (Å²) in [5.41, 5.74) is 12.5. The number of benzene rings is 2. The molecule has 2 aromatic rings. The lowest BCUT2D eigenvalue weighted by Crippen LogP contribution is -2.58. The molecule has 0 fully saturated rings. The lowest BCUT2D eigenvalue weighted by atomic mass is 10.0. The molecule has 0 aliphatic rings. The van der Waals surface area contributed by atoms with Gasteiger partial charge in [-0.3, -0.25) is 14.4 Å². The molecule has 0 bridgehead atoms. The molecule has 13 nitrogen and oxygen atoms in total. The number of aliphatic hydroxyl groups is 1. The van der Waals surface area contributed by atoms with Crippen molar-refractivity contribution in [1.29, 1.82) is 0 Å². The Balaban J connectivity index is 2.13. The van der Waals surface area contributed by atoms with Crippen LogP contribution in [0.3, 0.4) is 0 Å². The Morgan fingerprint density at radius 1 is 0.700 bits per heavy atom. The number of rotatable bonds is 16. The van der Waals surface area contributed by atoms with Gasteiger partial charge < -0.3 is 47.8 Å². The average Bonchev–Trinajstić information content (AvgIpc) is 2.92. The Morgan fingerprint density at radius 2 is 1.15 bits per heavy atom. The van der Waals surface area contributed by atoms with E-state index in [9.17, 15) is 39.6 Å². The molecule has 218 valence electrons. The highest BCUT2D eigenvalue weighted by Gasteiger charge is 2.30. The Labute approximate surface area is 231 Å². The molecule has 2 aromatic carbocycles. The summed E-state index contributed by atoms with van der Waals surface area (Å²) in [5, 5.41) is 45.6. The van der Waals surface area contributed by atoms with E-state index >= 15 is 0 Å². The molecule has 0 spiro atoms. The molecule has 0 aliphatic carbocycles. The highest BCUT2D eigenvalue weighted by Crippen LogP contribution is 2.13. The Hall–Kier alpha value is -4.20. The van der Waals surface area contributed by atoms with Crippen LogP contribution in [-0.4, -0.2) is 81.4 Å². The first-order chi connectivity index (χ1) is 19.0. The van der Waals surface area contributed by atoms with Gasteiger partial charge in [0, 0.05) is 12.8 Å². The summed E-state index contributed by atoms with van der Waals surface area (Å²) in [6, 6.07) is 6.66. The van der Waals surface area contributed by atoms with Gasteiger partial charge in [0.2, 0.25) is 17.7 Å². The number of aromatic hydroxyl groups is 2. The molecular weight excluding hydrogens is 522 g/mol. The van der Waals surface area contributed by atoms with E-state index in [1.807, 2.05) is 0 Å². The van der Waals surface area contributed by atoms with Crippen molar-refractivity contribution in [2.45, 2.75) is 56.3 Å². The number of nitrogens with one attached hydrogen (secondary N) is 3. The summed E-state index contributed by atoms with van der Waals surface area (Å²) in [4.78, 5) is 50.5. The number of unbranched alkanes of at least 4 members (excludes halogenated alkanes) is 1. The monoisotopic (exact) mass is 559 g/mol. The van der Waals surface area contributed by atoms with Gasteiger partial charge in [-0.2, -0.15) is 0 Å². The number of carboxylic acid groups (broad SMARTS) is 1. The number of phenols is 2. The number of aliphatic hydroxyl groups excluding tert-OH is 1. The third-order valence-electron chi connectivity index (χ3n) is 6.12. The van der Waals surface area contributed by atoms with E-state index in [1.54, 1.807) is 12.1 Å². The summed E-state index contributed by atoms with van der Waals surface area (Å²) in [6.07, 6.45) is 1.49. The minimum Gasteiger partial charge on any atom is -0.508 e. The highest BCUT2D eigenvalue weighted by molar-refractivity contribution is 5.94. The standard InChI is InChI=1S/C27H37N5O8/c28-12-2-1-3-20(29)24(36)30-21(13-16-4-8-18(34)9-5-16)25(37)32-23(15-33)26(38)31-22(27(39)40)14-17-6-10-19(35)11-7-17/h4-11,20-23,33-35H,1-3,12-15,28-29H2,(H,30,36)(H,31,38)(H,32,37)(H,39,40). The number of phenolic OH excluding ortho intramolecular Hbond substituents is 2. The van der Waals surface area contributed by atoms with Crippen molar-refractivity contribution in [2.75, 3.05) is 13.2 Å². The number of carboxylic acids is 1. The minimum absolute atomic E-state index is 0.00631. The number of hydrogen-bond donors (Lipinski definition) is 9. The average molecular weight is 560 g/mol. The van der Waals surface area contributed by atoms with Crippen molar-refractivity contribution >= 4 is 23.7 Å². The van der Waals surface area contributed by atoms with Gasteiger partial charge in [0.25, 0.3) is 0 Å². The normalized spacial score (nSPS) is 13.9. The van der Waals surface area contributed by atoms with E-state index < -0.39 is 54.5 Å². The maximum atomic E-state index is 13.2. The van der Waals surface area contributed by atoms with Gasteiger partial charge in [0.05, 0.1) is 12.6 Å². The summed E-state index contributed by atoms with van der Waals surface area (Å²) < 4.78 is 0. The number of hydrogen-bond acceptors (Lipinski definition) is 9. The topological polar surface area (TPSA) is 237 Å². The maximum absolute atomic E-state index is 13.2. The van der Waals surface area contributed by atoms with Gasteiger partial charge >= 0.3 is 5.97 Å². The summed E-state index contributed by atoms with van der Waals surface area (Å²) in [6.45, 7) is -0.399. The second kappa shape index (κ2) is 16.0. The van der Waals surface area contributed by atoms with Crippen molar-refractivity contribution in [3.05, 3.63) is 59.7 Å². The first-order valence-electron chi connectivity index (χ1n) is 12.8. The lowest BCUT2D eigenvalue weighted by molar-refractivity contribution is -0.142. The van der Waals surface area contributed by atoms with Gasteiger partial charge in [-0.25, -0.2) is 4.79 Å².